The van der Waals surface area contributed by atoms with Gasteiger partial charge in [-0.15, -0.1) is 0 Å². The van der Waals surface area contributed by atoms with E-state index in [-0.39, 0.29) is 12.8 Å². The lowest BCUT2D eigenvalue weighted by Crippen LogP contribution is -2.67. The molecule has 0 aromatic carbocycles. The number of rotatable bonds is 14. The maximum absolute atomic E-state index is 13.6. The summed E-state index contributed by atoms with van der Waals surface area (Å²) in [7, 11) is -8.88. The second-order valence-electron chi connectivity index (χ2n) is 6.79. The monoisotopic (exact) mass is 616 g/mol. The van der Waals surface area contributed by atoms with E-state index in [1.165, 1.54) is 11.1 Å². The van der Waals surface area contributed by atoms with E-state index in [9.17, 15) is 83.1 Å². The quantitative estimate of drug-likeness (QED) is 0.0980. The Morgan fingerprint density at radius 3 is 1.43 bits per heavy atom. The van der Waals surface area contributed by atoms with E-state index in [1.807, 2.05) is 0 Å². The van der Waals surface area contributed by atoms with Crippen LogP contribution in [0.2, 0.25) is 0 Å². The third-order valence-corrected chi connectivity index (χ3v) is 5.25. The average molecular weight is 616 g/mol. The summed E-state index contributed by atoms with van der Waals surface area (Å²) >= 11 is 0. The highest BCUT2D eigenvalue weighted by Gasteiger charge is 2.88. The molecule has 0 N–H and O–H groups in total. The van der Waals surface area contributed by atoms with Crippen LogP contribution in [0, 0.1) is 0 Å². The Kier molecular flexibility index (Phi) is 9.94. The Labute approximate surface area is 194 Å². The van der Waals surface area contributed by atoms with Crippen LogP contribution in [0.3, 0.4) is 0 Å². The number of ether oxygens (including phenoxy) is 2. The molecule has 0 bridgehead atoms. The van der Waals surface area contributed by atoms with Gasteiger partial charge >= 0.3 is 57.5 Å². The van der Waals surface area contributed by atoms with E-state index >= 15 is 0 Å². The third-order valence-electron chi connectivity index (χ3n) is 3.93. The molecule has 0 aliphatic carbocycles. The molecule has 0 aliphatic rings. The molecule has 37 heavy (non-hydrogen) atoms. The molecule has 0 aliphatic heterocycles. The van der Waals surface area contributed by atoms with Gasteiger partial charge in [0.25, 0.3) is 0 Å². The zero-order chi connectivity index (χ0) is 30.3. The van der Waals surface area contributed by atoms with Gasteiger partial charge in [-0.1, -0.05) is 13.3 Å². The maximum atomic E-state index is 13.6. The number of alkyl halides is 17. The summed E-state index contributed by atoms with van der Waals surface area (Å²) in [4.78, 5) is 0. The Morgan fingerprint density at radius 2 is 1.05 bits per heavy atom. The van der Waals surface area contributed by atoms with Crippen molar-refractivity contribution in [2.24, 2.45) is 0 Å². The molecule has 0 saturated carbocycles. The van der Waals surface area contributed by atoms with Crippen LogP contribution in [-0.2, 0) is 23.8 Å². The zero-order valence-corrected chi connectivity index (χ0v) is 18.4. The molecular weight excluding hydrogens is 603 g/mol. The fourth-order valence-corrected chi connectivity index (χ4v) is 2.76. The largest absolute Gasteiger partial charge is 0.460 e. The lowest BCUT2D eigenvalue weighted by atomic mass is 10.1. The third kappa shape index (κ3) is 6.12. The van der Waals surface area contributed by atoms with Crippen LogP contribution in [-0.4, -0.2) is 68.7 Å². The summed E-state index contributed by atoms with van der Waals surface area (Å²) in [6.07, 6.45) is -24.7. The first-order valence-corrected chi connectivity index (χ1v) is 10.3. The van der Waals surface area contributed by atoms with E-state index < -0.39 is 70.4 Å². The van der Waals surface area contributed by atoms with Crippen molar-refractivity contribution in [3.05, 3.63) is 0 Å². The first-order valence-electron chi connectivity index (χ1n) is 8.87. The zero-order valence-electron chi connectivity index (χ0n) is 17.6. The Morgan fingerprint density at radius 1 is 0.649 bits per heavy atom. The first-order chi connectivity index (χ1) is 15.9. The molecule has 0 rings (SSSR count). The number of hydrogen-bond acceptors (Lipinski definition) is 5. The second kappa shape index (κ2) is 10.3. The minimum atomic E-state index is -8.88. The Balaban J connectivity index is 6.34. The molecule has 0 aromatic heterocycles. The molecule has 224 valence electrons. The molecule has 5 nitrogen and oxygen atoms in total. The van der Waals surface area contributed by atoms with Crippen molar-refractivity contribution in [1.29, 1.82) is 0 Å². The summed E-state index contributed by atoms with van der Waals surface area (Å²) in [5.74, 6) is -32.1. The topological polar surface area (TPSA) is 61.8 Å². The number of unbranched alkanes of at least 4 members (excludes halogenated alkanes) is 1. The SMILES string of the molecule is CCCCOC(C)OC(F)(F)C(F)(F)C(F)(F)C(F)(F)OS(=O)(=O)C(F)(F)C(F)(F)C(F)(F)C(F)(F)F. The van der Waals surface area contributed by atoms with Crippen LogP contribution in [0.15, 0.2) is 0 Å². The van der Waals surface area contributed by atoms with Crippen molar-refractivity contribution >= 4 is 10.1 Å². The normalized spacial score (nSPS) is 16.7. The van der Waals surface area contributed by atoms with Gasteiger partial charge in [0.1, 0.15) is 0 Å². The minimum Gasteiger partial charge on any atom is -0.353 e. The van der Waals surface area contributed by atoms with Gasteiger partial charge in [0.05, 0.1) is 0 Å². The van der Waals surface area contributed by atoms with Gasteiger partial charge in [0, 0.05) is 6.61 Å². The van der Waals surface area contributed by atoms with E-state index in [2.05, 4.69) is 9.47 Å². The van der Waals surface area contributed by atoms with Crippen LogP contribution in [0.25, 0.3) is 0 Å². The standard InChI is InChI=1S/C14H13F17O5S/c1-3-4-5-34-6(2)35-12(26,27)8(17,18)9(19,20)13(28,29)36-37(32,33)14(30,31)10(21,22)7(15,16)11(23,24)25/h6H,3-5H2,1-2H3. The fourth-order valence-electron chi connectivity index (χ4n) is 1.84. The molecule has 0 radical (unpaired) electrons. The van der Waals surface area contributed by atoms with Gasteiger partial charge in [-0.2, -0.15) is 87.2 Å². The minimum absolute atomic E-state index is 0.0296. The van der Waals surface area contributed by atoms with E-state index in [0.717, 1.165) is 0 Å². The number of hydrogen-bond donors (Lipinski definition) is 0. The highest BCUT2D eigenvalue weighted by molar-refractivity contribution is 7.87. The van der Waals surface area contributed by atoms with Gasteiger partial charge < -0.3 is 4.74 Å². The van der Waals surface area contributed by atoms with Gasteiger partial charge in [0.2, 0.25) is 0 Å². The van der Waals surface area contributed by atoms with Gasteiger partial charge in [-0.25, -0.2) is 0 Å². The summed E-state index contributed by atoms with van der Waals surface area (Å²) < 4.78 is 254. The fraction of sp³-hybridized carbons (Fsp3) is 1.00. The van der Waals surface area contributed by atoms with Crippen molar-refractivity contribution in [2.75, 3.05) is 6.61 Å². The van der Waals surface area contributed by atoms with Crippen LogP contribution in [0.1, 0.15) is 26.7 Å². The summed E-state index contributed by atoms with van der Waals surface area (Å²) in [5.41, 5.74) is 0. The molecule has 1 unspecified atom stereocenters. The Bertz CT molecular complexity index is 883. The molecule has 0 spiro atoms. The molecule has 0 amide bonds. The molecular formula is C14H13F17O5S. The molecule has 0 fully saturated rings. The van der Waals surface area contributed by atoms with Crippen LogP contribution in [0.4, 0.5) is 74.6 Å². The van der Waals surface area contributed by atoms with Crippen molar-refractivity contribution in [2.45, 2.75) is 80.3 Å². The number of halogens is 17. The van der Waals surface area contributed by atoms with Gasteiger partial charge in [0.15, 0.2) is 6.29 Å². The second-order valence-corrected chi connectivity index (χ2v) is 8.38. The van der Waals surface area contributed by atoms with Gasteiger partial charge in [-0.3, -0.25) is 4.74 Å². The predicted molar refractivity (Wildman–Crippen MR) is 82.1 cm³/mol. The van der Waals surface area contributed by atoms with E-state index in [0.29, 0.717) is 6.92 Å². The van der Waals surface area contributed by atoms with Crippen LogP contribution >= 0.6 is 0 Å². The van der Waals surface area contributed by atoms with E-state index in [4.69, 9.17) is 0 Å². The smallest absolute Gasteiger partial charge is 0.353 e. The van der Waals surface area contributed by atoms with Crippen molar-refractivity contribution in [3.63, 3.8) is 0 Å². The van der Waals surface area contributed by atoms with Crippen LogP contribution < -0.4 is 0 Å². The summed E-state index contributed by atoms with van der Waals surface area (Å²) in [6, 6.07) is 0. The summed E-state index contributed by atoms with van der Waals surface area (Å²) in [6.45, 7) is 1.26. The highest BCUT2D eigenvalue weighted by atomic mass is 32.2. The van der Waals surface area contributed by atoms with Gasteiger partial charge in [-0.05, 0) is 13.3 Å². The average Bonchev–Trinajstić information content (AvgIpc) is 2.65. The first kappa shape index (κ1) is 35.6. The Hall–Kier alpha value is -1.36. The maximum Gasteiger partial charge on any atom is 0.460 e. The molecule has 0 aromatic rings. The van der Waals surface area contributed by atoms with Crippen molar-refractivity contribution < 1.29 is 96.7 Å². The molecule has 0 heterocycles. The molecule has 0 saturated heterocycles. The molecule has 23 heteroatoms. The summed E-state index contributed by atoms with van der Waals surface area (Å²) in [5, 5.41) is -8.20. The predicted octanol–water partition coefficient (Wildman–Crippen LogP) is 6.39. The van der Waals surface area contributed by atoms with E-state index in [1.54, 1.807) is 0 Å². The van der Waals surface area contributed by atoms with Crippen molar-refractivity contribution in [3.8, 4) is 0 Å². The highest BCUT2D eigenvalue weighted by Crippen LogP contribution is 2.58. The van der Waals surface area contributed by atoms with Crippen molar-refractivity contribution in [1.82, 2.24) is 0 Å². The lowest BCUT2D eigenvalue weighted by molar-refractivity contribution is -0.465. The molecule has 1 atom stereocenters. The van der Waals surface area contributed by atoms with Crippen LogP contribution in [0.5, 0.6) is 0 Å². The lowest BCUT2D eigenvalue weighted by Gasteiger charge is -2.37.